The second-order valence-electron chi connectivity index (χ2n) is 5.34. The van der Waals surface area contributed by atoms with E-state index in [1.54, 1.807) is 32.9 Å². The maximum Gasteiger partial charge on any atom is 0.261 e. The predicted molar refractivity (Wildman–Crippen MR) is 99.7 cm³/mol. The van der Waals surface area contributed by atoms with E-state index in [4.69, 9.17) is 14.2 Å². The van der Waals surface area contributed by atoms with Gasteiger partial charge < -0.3 is 19.5 Å². The van der Waals surface area contributed by atoms with Gasteiger partial charge in [0.15, 0.2) is 17.6 Å². The topological polar surface area (TPSA) is 56.8 Å². The van der Waals surface area contributed by atoms with E-state index in [1.165, 1.54) is 0 Å². The molecule has 5 nitrogen and oxygen atoms in total. The first-order valence-electron chi connectivity index (χ1n) is 7.86. The van der Waals surface area contributed by atoms with E-state index in [2.05, 4.69) is 5.32 Å². The summed E-state index contributed by atoms with van der Waals surface area (Å²) in [5.74, 6) is 1.78. The molecule has 134 valence electrons. The molecule has 1 atom stereocenters. The van der Waals surface area contributed by atoms with E-state index >= 15 is 0 Å². The summed E-state index contributed by atoms with van der Waals surface area (Å²) in [7, 11) is 3.17. The van der Waals surface area contributed by atoms with Crippen molar-refractivity contribution < 1.29 is 19.0 Å². The Morgan fingerprint density at radius 2 is 1.76 bits per heavy atom. The van der Waals surface area contributed by atoms with Crippen molar-refractivity contribution in [3.63, 3.8) is 0 Å². The molecule has 2 aromatic rings. The Balaban J connectivity index is 1.90. The van der Waals surface area contributed by atoms with Crippen LogP contribution in [0.1, 0.15) is 12.5 Å². The fourth-order valence-corrected chi connectivity index (χ4v) is 2.64. The number of carbonyl (C=O) groups is 1. The molecule has 2 aromatic carbocycles. The van der Waals surface area contributed by atoms with Gasteiger partial charge in [-0.1, -0.05) is 6.07 Å². The summed E-state index contributed by atoms with van der Waals surface area (Å²) in [6, 6.07) is 13.2. The van der Waals surface area contributed by atoms with Crippen LogP contribution in [0.3, 0.4) is 0 Å². The van der Waals surface area contributed by atoms with Gasteiger partial charge in [-0.3, -0.25) is 4.79 Å². The lowest BCUT2D eigenvalue weighted by Gasteiger charge is -2.15. The van der Waals surface area contributed by atoms with Crippen molar-refractivity contribution in [3.05, 3.63) is 48.0 Å². The average molecular weight is 361 g/mol. The molecular weight excluding hydrogens is 338 g/mol. The molecule has 0 radical (unpaired) electrons. The van der Waals surface area contributed by atoms with Crippen LogP contribution >= 0.6 is 11.8 Å². The van der Waals surface area contributed by atoms with Crippen LogP contribution in [0.2, 0.25) is 0 Å². The number of methoxy groups -OCH3 is 2. The van der Waals surface area contributed by atoms with Crippen LogP contribution in [-0.4, -0.2) is 32.5 Å². The normalized spacial score (nSPS) is 11.5. The number of ether oxygens (including phenoxy) is 3. The quantitative estimate of drug-likeness (QED) is 0.729. The summed E-state index contributed by atoms with van der Waals surface area (Å²) < 4.78 is 16.1. The number of carbonyl (C=O) groups excluding carboxylic acids is 1. The lowest BCUT2D eigenvalue weighted by molar-refractivity contribution is -0.127. The Hall–Kier alpha value is -2.34. The van der Waals surface area contributed by atoms with E-state index in [1.807, 2.05) is 48.7 Å². The zero-order valence-electron chi connectivity index (χ0n) is 14.9. The highest BCUT2D eigenvalue weighted by molar-refractivity contribution is 7.98. The number of nitrogens with one attached hydrogen (secondary N) is 1. The summed E-state index contributed by atoms with van der Waals surface area (Å²) in [6.45, 7) is 2.12. The van der Waals surface area contributed by atoms with Crippen LogP contribution in [0.25, 0.3) is 0 Å². The van der Waals surface area contributed by atoms with Gasteiger partial charge in [-0.05, 0) is 55.1 Å². The Labute approximate surface area is 152 Å². The van der Waals surface area contributed by atoms with Gasteiger partial charge >= 0.3 is 0 Å². The predicted octanol–water partition coefficient (Wildman–Crippen LogP) is 3.51. The SMILES string of the molecule is COc1ccc(CNC(=O)[C@H](C)Oc2ccc(SC)cc2)cc1OC. The van der Waals surface area contributed by atoms with Gasteiger partial charge in [0.25, 0.3) is 5.91 Å². The second-order valence-corrected chi connectivity index (χ2v) is 6.22. The largest absolute Gasteiger partial charge is 0.493 e. The fraction of sp³-hybridized carbons (Fsp3) is 0.316. The third-order valence-corrected chi connectivity index (χ3v) is 4.40. The van der Waals surface area contributed by atoms with Gasteiger partial charge in [0, 0.05) is 11.4 Å². The maximum absolute atomic E-state index is 12.2. The van der Waals surface area contributed by atoms with E-state index in [-0.39, 0.29) is 5.91 Å². The van der Waals surface area contributed by atoms with E-state index in [9.17, 15) is 4.79 Å². The number of amides is 1. The van der Waals surface area contributed by atoms with Crippen molar-refractivity contribution in [1.29, 1.82) is 0 Å². The Bertz CT molecular complexity index is 703. The molecule has 0 saturated heterocycles. The van der Waals surface area contributed by atoms with E-state index in [0.29, 0.717) is 23.8 Å². The zero-order valence-corrected chi connectivity index (χ0v) is 15.7. The fourth-order valence-electron chi connectivity index (χ4n) is 2.24. The summed E-state index contributed by atoms with van der Waals surface area (Å²) in [4.78, 5) is 13.4. The number of rotatable bonds is 8. The highest BCUT2D eigenvalue weighted by Crippen LogP contribution is 2.27. The summed E-state index contributed by atoms with van der Waals surface area (Å²) in [5, 5.41) is 2.87. The number of thioether (sulfide) groups is 1. The highest BCUT2D eigenvalue weighted by atomic mass is 32.2. The molecule has 1 amide bonds. The molecule has 2 rings (SSSR count). The van der Waals surface area contributed by atoms with Crippen LogP contribution in [0.5, 0.6) is 17.2 Å². The molecule has 0 aliphatic rings. The minimum absolute atomic E-state index is 0.177. The van der Waals surface area contributed by atoms with E-state index in [0.717, 1.165) is 10.5 Å². The molecule has 0 saturated carbocycles. The van der Waals surface area contributed by atoms with Crippen molar-refractivity contribution in [1.82, 2.24) is 5.32 Å². The first kappa shape index (κ1) is 19.0. The minimum Gasteiger partial charge on any atom is -0.493 e. The van der Waals surface area contributed by atoms with E-state index < -0.39 is 6.10 Å². The second kappa shape index (κ2) is 9.22. The van der Waals surface area contributed by atoms with Crippen LogP contribution in [-0.2, 0) is 11.3 Å². The molecule has 0 heterocycles. The molecule has 1 N–H and O–H groups in total. The molecule has 6 heteroatoms. The lowest BCUT2D eigenvalue weighted by Crippen LogP contribution is -2.35. The summed E-state index contributed by atoms with van der Waals surface area (Å²) in [5.41, 5.74) is 0.919. The van der Waals surface area contributed by atoms with Gasteiger partial charge in [-0.25, -0.2) is 0 Å². The van der Waals surface area contributed by atoms with Crippen LogP contribution in [0.15, 0.2) is 47.4 Å². The van der Waals surface area contributed by atoms with Crippen LogP contribution in [0.4, 0.5) is 0 Å². The maximum atomic E-state index is 12.2. The van der Waals surface area contributed by atoms with Gasteiger partial charge in [0.05, 0.1) is 14.2 Å². The first-order valence-corrected chi connectivity index (χ1v) is 9.09. The molecule has 25 heavy (non-hydrogen) atoms. The van der Waals surface area contributed by atoms with Gasteiger partial charge in [0.2, 0.25) is 0 Å². The Morgan fingerprint density at radius 3 is 2.36 bits per heavy atom. The Kier molecular flexibility index (Phi) is 7.01. The van der Waals surface area contributed by atoms with Gasteiger partial charge in [-0.2, -0.15) is 0 Å². The highest BCUT2D eigenvalue weighted by Gasteiger charge is 2.14. The average Bonchev–Trinajstić information content (AvgIpc) is 2.66. The molecule has 0 aliphatic heterocycles. The molecule has 0 aromatic heterocycles. The minimum atomic E-state index is -0.583. The van der Waals surface area contributed by atoms with Crippen molar-refractivity contribution >= 4 is 17.7 Å². The number of hydrogen-bond acceptors (Lipinski definition) is 5. The first-order chi connectivity index (χ1) is 12.1. The molecule has 0 spiro atoms. The lowest BCUT2D eigenvalue weighted by atomic mass is 10.2. The Morgan fingerprint density at radius 1 is 1.08 bits per heavy atom. The summed E-state index contributed by atoms with van der Waals surface area (Å²) in [6.07, 6.45) is 1.43. The summed E-state index contributed by atoms with van der Waals surface area (Å²) >= 11 is 1.66. The smallest absolute Gasteiger partial charge is 0.261 e. The molecule has 0 bridgehead atoms. The van der Waals surface area contributed by atoms with Crippen molar-refractivity contribution in [2.75, 3.05) is 20.5 Å². The molecule has 0 aliphatic carbocycles. The third-order valence-electron chi connectivity index (χ3n) is 3.66. The zero-order chi connectivity index (χ0) is 18.2. The molecule has 0 unspecified atom stereocenters. The van der Waals surface area contributed by atoms with Crippen molar-refractivity contribution in [3.8, 4) is 17.2 Å². The third kappa shape index (κ3) is 5.32. The van der Waals surface area contributed by atoms with Crippen LogP contribution in [0, 0.1) is 0 Å². The van der Waals surface area contributed by atoms with Crippen LogP contribution < -0.4 is 19.5 Å². The van der Waals surface area contributed by atoms with Gasteiger partial charge in [-0.15, -0.1) is 11.8 Å². The standard InChI is InChI=1S/C19H23NO4S/c1-13(24-15-6-8-16(25-4)9-7-15)19(21)20-12-14-5-10-17(22-2)18(11-14)23-3/h5-11,13H,12H2,1-4H3,(H,20,21)/t13-/m0/s1. The van der Waals surface area contributed by atoms with Crippen molar-refractivity contribution in [2.24, 2.45) is 0 Å². The molecule has 0 fully saturated rings. The number of hydrogen-bond donors (Lipinski definition) is 1. The number of benzene rings is 2. The molecular formula is C19H23NO4S. The van der Waals surface area contributed by atoms with Gasteiger partial charge in [0.1, 0.15) is 5.75 Å². The monoisotopic (exact) mass is 361 g/mol. The van der Waals surface area contributed by atoms with Crippen molar-refractivity contribution in [2.45, 2.75) is 24.5 Å².